The third-order valence-corrected chi connectivity index (χ3v) is 4.85. The molecule has 1 heterocycles. The molecule has 1 aliphatic rings. The zero-order chi connectivity index (χ0) is 12.3. The molecule has 3 nitrogen and oxygen atoms in total. The van der Waals surface area contributed by atoms with Crippen molar-refractivity contribution < 1.29 is 0 Å². The number of hydrogen-bond donors (Lipinski definition) is 1. The molecule has 2 rings (SSSR count). The van der Waals surface area contributed by atoms with Gasteiger partial charge in [-0.3, -0.25) is 0 Å². The van der Waals surface area contributed by atoms with E-state index in [0.717, 1.165) is 17.4 Å². The molecule has 1 saturated carbocycles. The highest BCUT2D eigenvalue weighted by molar-refractivity contribution is 7.99. The Labute approximate surface area is 108 Å². The highest BCUT2D eigenvalue weighted by atomic mass is 32.2. The van der Waals surface area contributed by atoms with Gasteiger partial charge in [-0.25, -0.2) is 9.97 Å². The first-order valence-corrected chi connectivity index (χ1v) is 7.28. The number of hydrogen-bond acceptors (Lipinski definition) is 4. The van der Waals surface area contributed by atoms with Crippen molar-refractivity contribution in [1.29, 1.82) is 0 Å². The van der Waals surface area contributed by atoms with Crippen molar-refractivity contribution in [3.8, 4) is 0 Å². The minimum Gasteiger partial charge on any atom is -0.314 e. The average Bonchev–Trinajstić information content (AvgIpc) is 2.62. The second kappa shape index (κ2) is 5.83. The van der Waals surface area contributed by atoms with Crippen LogP contribution in [0.5, 0.6) is 0 Å². The van der Waals surface area contributed by atoms with E-state index in [4.69, 9.17) is 0 Å². The van der Waals surface area contributed by atoms with Gasteiger partial charge in [0.2, 0.25) is 0 Å². The Balaban J connectivity index is 1.96. The molecule has 94 valence electrons. The summed E-state index contributed by atoms with van der Waals surface area (Å²) in [6, 6.07) is 2.62. The Kier molecular flexibility index (Phi) is 4.40. The molecule has 0 aliphatic heterocycles. The largest absolute Gasteiger partial charge is 0.314 e. The van der Waals surface area contributed by atoms with Crippen molar-refractivity contribution in [3.63, 3.8) is 0 Å². The van der Waals surface area contributed by atoms with Crippen molar-refractivity contribution in [2.45, 2.75) is 50.1 Å². The third kappa shape index (κ3) is 3.19. The summed E-state index contributed by atoms with van der Waals surface area (Å²) in [5.74, 6) is 0.698. The van der Waals surface area contributed by atoms with Crippen LogP contribution in [0.25, 0.3) is 0 Å². The van der Waals surface area contributed by atoms with Gasteiger partial charge in [-0.05, 0) is 38.3 Å². The van der Waals surface area contributed by atoms with Crippen LogP contribution >= 0.6 is 11.8 Å². The molecule has 1 fully saturated rings. The van der Waals surface area contributed by atoms with E-state index in [1.54, 1.807) is 0 Å². The van der Waals surface area contributed by atoms with Crippen LogP contribution in [0, 0.1) is 12.8 Å². The van der Waals surface area contributed by atoms with E-state index in [1.165, 1.54) is 12.8 Å². The van der Waals surface area contributed by atoms with Gasteiger partial charge in [0.25, 0.3) is 0 Å². The van der Waals surface area contributed by atoms with Gasteiger partial charge >= 0.3 is 0 Å². The maximum absolute atomic E-state index is 4.47. The van der Waals surface area contributed by atoms with Crippen molar-refractivity contribution in [2.75, 3.05) is 6.54 Å². The number of thioether (sulfide) groups is 1. The predicted octanol–water partition coefficient (Wildman–Crippen LogP) is 2.65. The zero-order valence-corrected chi connectivity index (χ0v) is 11.6. The molecule has 4 heteroatoms. The molecule has 1 aromatic rings. The Morgan fingerprint density at radius 3 is 3.00 bits per heavy atom. The summed E-state index contributed by atoms with van der Waals surface area (Å²) in [6.07, 6.45) is 4.39. The van der Waals surface area contributed by atoms with Crippen molar-refractivity contribution in [2.24, 2.45) is 5.92 Å². The van der Waals surface area contributed by atoms with Crippen LogP contribution in [0.3, 0.4) is 0 Å². The van der Waals surface area contributed by atoms with E-state index < -0.39 is 0 Å². The monoisotopic (exact) mass is 251 g/mol. The lowest BCUT2D eigenvalue weighted by atomic mass is 10.1. The Morgan fingerprint density at radius 2 is 2.29 bits per heavy atom. The van der Waals surface area contributed by atoms with E-state index in [0.29, 0.717) is 17.2 Å². The van der Waals surface area contributed by atoms with Crippen LogP contribution in [0.4, 0.5) is 0 Å². The lowest BCUT2D eigenvalue weighted by Gasteiger charge is -2.20. The summed E-state index contributed by atoms with van der Waals surface area (Å²) in [5.41, 5.74) is 1.05. The molecular weight excluding hydrogens is 230 g/mol. The van der Waals surface area contributed by atoms with Gasteiger partial charge in [-0.1, -0.05) is 25.6 Å². The number of aromatic nitrogens is 2. The highest BCUT2D eigenvalue weighted by Gasteiger charge is 2.33. The summed E-state index contributed by atoms with van der Waals surface area (Å²) in [4.78, 5) is 8.81. The first-order valence-electron chi connectivity index (χ1n) is 6.40. The van der Waals surface area contributed by atoms with E-state index in [9.17, 15) is 0 Å². The topological polar surface area (TPSA) is 37.8 Å². The molecule has 1 aliphatic carbocycles. The molecule has 0 radical (unpaired) electrons. The summed E-state index contributed by atoms with van der Waals surface area (Å²) in [6.45, 7) is 7.60. The van der Waals surface area contributed by atoms with Crippen LogP contribution in [0.15, 0.2) is 17.4 Å². The predicted molar refractivity (Wildman–Crippen MR) is 72.3 cm³/mol. The fourth-order valence-corrected chi connectivity index (χ4v) is 3.71. The minimum atomic E-state index is 0.654. The van der Waals surface area contributed by atoms with Crippen LogP contribution in [-0.2, 0) is 0 Å². The SMILES string of the molecule is CCNC1CCC(Sc2nccc(C)n2)C1C. The van der Waals surface area contributed by atoms with E-state index in [1.807, 2.05) is 30.9 Å². The summed E-state index contributed by atoms with van der Waals surface area (Å²) in [7, 11) is 0. The number of nitrogens with zero attached hydrogens (tertiary/aromatic N) is 2. The molecule has 0 amide bonds. The normalized spacial score (nSPS) is 28.5. The third-order valence-electron chi connectivity index (χ3n) is 3.48. The van der Waals surface area contributed by atoms with Crippen LogP contribution in [0.1, 0.15) is 32.4 Å². The van der Waals surface area contributed by atoms with Gasteiger partial charge in [0.15, 0.2) is 5.16 Å². The number of nitrogens with one attached hydrogen (secondary N) is 1. The van der Waals surface area contributed by atoms with Gasteiger partial charge in [-0.2, -0.15) is 0 Å². The highest BCUT2D eigenvalue weighted by Crippen LogP contribution is 2.37. The second-order valence-corrected chi connectivity index (χ2v) is 5.94. The molecule has 3 unspecified atom stereocenters. The summed E-state index contributed by atoms with van der Waals surface area (Å²) >= 11 is 1.84. The second-order valence-electron chi connectivity index (χ2n) is 4.74. The molecule has 0 spiro atoms. The molecule has 1 aromatic heterocycles. The lowest BCUT2D eigenvalue weighted by molar-refractivity contribution is 0.441. The van der Waals surface area contributed by atoms with Crippen LogP contribution < -0.4 is 5.32 Å². The minimum absolute atomic E-state index is 0.654. The quantitative estimate of drug-likeness (QED) is 0.835. The van der Waals surface area contributed by atoms with Gasteiger partial charge < -0.3 is 5.32 Å². The average molecular weight is 251 g/mol. The van der Waals surface area contributed by atoms with E-state index in [-0.39, 0.29) is 0 Å². The molecule has 1 N–H and O–H groups in total. The molecule has 17 heavy (non-hydrogen) atoms. The number of rotatable bonds is 4. The number of aryl methyl sites for hydroxylation is 1. The molecular formula is C13H21N3S. The van der Waals surface area contributed by atoms with E-state index >= 15 is 0 Å². The Hall–Kier alpha value is -0.610. The molecule has 0 bridgehead atoms. The molecule has 3 atom stereocenters. The Bertz CT molecular complexity index is 369. The maximum atomic E-state index is 4.47. The standard InChI is InChI=1S/C13H21N3S/c1-4-14-11-5-6-12(10(11)3)17-13-15-8-7-9(2)16-13/h7-8,10-12,14H,4-6H2,1-3H3. The fourth-order valence-electron chi connectivity index (χ4n) is 2.46. The maximum Gasteiger partial charge on any atom is 0.188 e. The first-order chi connectivity index (χ1) is 8.20. The van der Waals surface area contributed by atoms with Gasteiger partial charge in [0, 0.05) is 23.2 Å². The first kappa shape index (κ1) is 12.8. The van der Waals surface area contributed by atoms with E-state index in [2.05, 4.69) is 29.1 Å². The van der Waals surface area contributed by atoms with Gasteiger partial charge in [0.05, 0.1) is 0 Å². The van der Waals surface area contributed by atoms with Gasteiger partial charge in [0.1, 0.15) is 0 Å². The van der Waals surface area contributed by atoms with Crippen LogP contribution in [-0.4, -0.2) is 27.8 Å². The Morgan fingerprint density at radius 1 is 1.47 bits per heavy atom. The fraction of sp³-hybridized carbons (Fsp3) is 0.692. The zero-order valence-electron chi connectivity index (χ0n) is 10.8. The molecule has 0 aromatic carbocycles. The lowest BCUT2D eigenvalue weighted by Crippen LogP contribution is -2.33. The molecule has 0 saturated heterocycles. The van der Waals surface area contributed by atoms with Crippen molar-refractivity contribution in [1.82, 2.24) is 15.3 Å². The summed E-state index contributed by atoms with van der Waals surface area (Å²) in [5, 5.41) is 5.15. The van der Waals surface area contributed by atoms with Gasteiger partial charge in [-0.15, -0.1) is 0 Å². The van der Waals surface area contributed by atoms with Crippen LogP contribution in [0.2, 0.25) is 0 Å². The summed E-state index contributed by atoms with van der Waals surface area (Å²) < 4.78 is 0. The van der Waals surface area contributed by atoms with Crippen molar-refractivity contribution >= 4 is 11.8 Å². The smallest absolute Gasteiger partial charge is 0.188 e. The van der Waals surface area contributed by atoms with Crippen molar-refractivity contribution in [3.05, 3.63) is 18.0 Å².